The van der Waals surface area contributed by atoms with E-state index in [0.29, 0.717) is 17.3 Å². The summed E-state index contributed by atoms with van der Waals surface area (Å²) in [6.07, 6.45) is 0.824. The van der Waals surface area contributed by atoms with Crippen molar-refractivity contribution in [3.05, 3.63) is 58.6 Å². The molecule has 0 heterocycles. The predicted molar refractivity (Wildman–Crippen MR) is 75.5 cm³/mol. The second kappa shape index (κ2) is 5.89. The molecule has 0 spiro atoms. The molecule has 2 rings (SSSR count). The van der Waals surface area contributed by atoms with Crippen LogP contribution < -0.4 is 10.5 Å². The van der Waals surface area contributed by atoms with Crippen LogP contribution >= 0.6 is 11.6 Å². The number of halogens is 1. The standard InChI is InChI=1S/C15H16ClNO/c1-11-4-2-3-5-14(11)18-15-7-6-12(8-9-17)10-13(15)16/h2-7,10H,8-9,17H2,1H3. The van der Waals surface area contributed by atoms with Crippen LogP contribution in [0.5, 0.6) is 11.5 Å². The molecule has 0 fully saturated rings. The van der Waals surface area contributed by atoms with Gasteiger partial charge < -0.3 is 10.5 Å². The highest BCUT2D eigenvalue weighted by Gasteiger charge is 2.05. The van der Waals surface area contributed by atoms with Gasteiger partial charge in [0.2, 0.25) is 0 Å². The summed E-state index contributed by atoms with van der Waals surface area (Å²) in [4.78, 5) is 0. The maximum atomic E-state index is 6.20. The van der Waals surface area contributed by atoms with Crippen molar-refractivity contribution in [3.63, 3.8) is 0 Å². The van der Waals surface area contributed by atoms with E-state index in [1.54, 1.807) is 0 Å². The molecule has 0 atom stereocenters. The van der Waals surface area contributed by atoms with Crippen molar-refractivity contribution in [1.82, 2.24) is 0 Å². The number of para-hydroxylation sites is 1. The molecule has 0 aliphatic rings. The van der Waals surface area contributed by atoms with Gasteiger partial charge >= 0.3 is 0 Å². The summed E-state index contributed by atoms with van der Waals surface area (Å²) >= 11 is 6.20. The molecule has 0 unspecified atom stereocenters. The third-order valence-corrected chi connectivity index (χ3v) is 3.04. The number of hydrogen-bond acceptors (Lipinski definition) is 2. The maximum absolute atomic E-state index is 6.20. The van der Waals surface area contributed by atoms with E-state index in [9.17, 15) is 0 Å². The molecule has 0 aromatic heterocycles. The van der Waals surface area contributed by atoms with E-state index >= 15 is 0 Å². The number of rotatable bonds is 4. The van der Waals surface area contributed by atoms with Crippen molar-refractivity contribution in [2.45, 2.75) is 13.3 Å². The SMILES string of the molecule is Cc1ccccc1Oc1ccc(CCN)cc1Cl. The quantitative estimate of drug-likeness (QED) is 0.905. The smallest absolute Gasteiger partial charge is 0.146 e. The molecule has 2 N–H and O–H groups in total. The van der Waals surface area contributed by atoms with E-state index < -0.39 is 0 Å². The molecule has 94 valence electrons. The lowest BCUT2D eigenvalue weighted by molar-refractivity contribution is 0.479. The van der Waals surface area contributed by atoms with Gasteiger partial charge in [0.1, 0.15) is 11.5 Å². The highest BCUT2D eigenvalue weighted by molar-refractivity contribution is 6.32. The summed E-state index contributed by atoms with van der Waals surface area (Å²) in [5, 5.41) is 0.615. The Morgan fingerprint density at radius 1 is 1.11 bits per heavy atom. The van der Waals surface area contributed by atoms with Crippen LogP contribution in [0, 0.1) is 6.92 Å². The first-order valence-electron chi connectivity index (χ1n) is 5.92. The van der Waals surface area contributed by atoms with Crippen molar-refractivity contribution >= 4 is 11.6 Å². The third kappa shape index (κ3) is 3.03. The van der Waals surface area contributed by atoms with Crippen LogP contribution in [0.1, 0.15) is 11.1 Å². The van der Waals surface area contributed by atoms with Gasteiger partial charge in [-0.3, -0.25) is 0 Å². The Balaban J connectivity index is 2.22. The summed E-state index contributed by atoms with van der Waals surface area (Å²) in [5.41, 5.74) is 7.73. The zero-order valence-electron chi connectivity index (χ0n) is 10.3. The monoisotopic (exact) mass is 261 g/mol. The first kappa shape index (κ1) is 12.9. The number of aryl methyl sites for hydroxylation is 1. The van der Waals surface area contributed by atoms with Crippen LogP contribution in [0.15, 0.2) is 42.5 Å². The largest absolute Gasteiger partial charge is 0.456 e. The Morgan fingerprint density at radius 3 is 2.56 bits per heavy atom. The molecule has 0 bridgehead atoms. The van der Waals surface area contributed by atoms with Crippen molar-refractivity contribution in [2.75, 3.05) is 6.54 Å². The lowest BCUT2D eigenvalue weighted by Crippen LogP contribution is -2.02. The molecule has 0 aliphatic carbocycles. The van der Waals surface area contributed by atoms with Gasteiger partial charge in [0.15, 0.2) is 0 Å². The summed E-state index contributed by atoms with van der Waals surface area (Å²) in [6.45, 7) is 2.63. The fraction of sp³-hybridized carbons (Fsp3) is 0.200. The average molecular weight is 262 g/mol. The third-order valence-electron chi connectivity index (χ3n) is 2.74. The van der Waals surface area contributed by atoms with Crippen LogP contribution in [0.25, 0.3) is 0 Å². The Morgan fingerprint density at radius 2 is 1.89 bits per heavy atom. The van der Waals surface area contributed by atoms with Crippen molar-refractivity contribution < 1.29 is 4.74 Å². The molecule has 2 aromatic rings. The fourth-order valence-corrected chi connectivity index (χ4v) is 1.98. The topological polar surface area (TPSA) is 35.2 Å². The molecule has 0 aliphatic heterocycles. The zero-order chi connectivity index (χ0) is 13.0. The molecule has 0 radical (unpaired) electrons. The molecule has 2 aromatic carbocycles. The predicted octanol–water partition coefficient (Wildman–Crippen LogP) is 3.94. The number of hydrogen-bond donors (Lipinski definition) is 1. The van der Waals surface area contributed by atoms with Gasteiger partial charge in [-0.05, 0) is 49.2 Å². The molecule has 18 heavy (non-hydrogen) atoms. The van der Waals surface area contributed by atoms with E-state index in [-0.39, 0.29) is 0 Å². The zero-order valence-corrected chi connectivity index (χ0v) is 11.1. The van der Waals surface area contributed by atoms with Crippen molar-refractivity contribution in [1.29, 1.82) is 0 Å². The first-order chi connectivity index (χ1) is 8.70. The highest BCUT2D eigenvalue weighted by atomic mass is 35.5. The van der Waals surface area contributed by atoms with Crippen LogP contribution in [-0.2, 0) is 6.42 Å². The summed E-state index contributed by atoms with van der Waals surface area (Å²) < 4.78 is 5.81. The van der Waals surface area contributed by atoms with Crippen molar-refractivity contribution in [2.24, 2.45) is 5.73 Å². The Bertz CT molecular complexity index is 540. The normalized spacial score (nSPS) is 10.4. The van der Waals surface area contributed by atoms with E-state index in [2.05, 4.69) is 0 Å². The van der Waals surface area contributed by atoms with Crippen LogP contribution in [-0.4, -0.2) is 6.54 Å². The fourth-order valence-electron chi connectivity index (χ4n) is 1.74. The van der Waals surface area contributed by atoms with E-state index in [1.807, 2.05) is 49.4 Å². The molecule has 0 saturated heterocycles. The van der Waals surface area contributed by atoms with Gasteiger partial charge in [-0.25, -0.2) is 0 Å². The second-order valence-electron chi connectivity index (χ2n) is 4.17. The van der Waals surface area contributed by atoms with E-state index in [0.717, 1.165) is 23.3 Å². The highest BCUT2D eigenvalue weighted by Crippen LogP contribution is 2.31. The summed E-state index contributed by atoms with van der Waals surface area (Å²) in [6, 6.07) is 13.6. The van der Waals surface area contributed by atoms with E-state index in [4.69, 9.17) is 22.1 Å². The van der Waals surface area contributed by atoms with E-state index in [1.165, 1.54) is 0 Å². The molecule has 0 amide bonds. The Kier molecular flexibility index (Phi) is 4.24. The van der Waals surface area contributed by atoms with Gasteiger partial charge in [0.25, 0.3) is 0 Å². The minimum absolute atomic E-state index is 0.615. The van der Waals surface area contributed by atoms with Gasteiger partial charge in [-0.2, -0.15) is 0 Å². The Hall–Kier alpha value is -1.51. The lowest BCUT2D eigenvalue weighted by atomic mass is 10.1. The molecular weight excluding hydrogens is 246 g/mol. The summed E-state index contributed by atoms with van der Waals surface area (Å²) in [5.74, 6) is 1.50. The van der Waals surface area contributed by atoms with Gasteiger partial charge in [-0.1, -0.05) is 35.9 Å². The summed E-state index contributed by atoms with van der Waals surface area (Å²) in [7, 11) is 0. The minimum atomic E-state index is 0.615. The maximum Gasteiger partial charge on any atom is 0.146 e. The minimum Gasteiger partial charge on any atom is -0.456 e. The second-order valence-corrected chi connectivity index (χ2v) is 4.58. The first-order valence-corrected chi connectivity index (χ1v) is 6.30. The number of benzene rings is 2. The number of ether oxygens (including phenoxy) is 1. The Labute approximate surface area is 112 Å². The van der Waals surface area contributed by atoms with Gasteiger partial charge in [-0.15, -0.1) is 0 Å². The molecular formula is C15H16ClNO. The lowest BCUT2D eigenvalue weighted by Gasteiger charge is -2.10. The van der Waals surface area contributed by atoms with Crippen molar-refractivity contribution in [3.8, 4) is 11.5 Å². The van der Waals surface area contributed by atoms with Gasteiger partial charge in [0, 0.05) is 0 Å². The molecule has 3 heteroatoms. The number of nitrogens with two attached hydrogens (primary N) is 1. The molecule has 2 nitrogen and oxygen atoms in total. The van der Waals surface area contributed by atoms with Gasteiger partial charge in [0.05, 0.1) is 5.02 Å². The molecule has 0 saturated carbocycles. The van der Waals surface area contributed by atoms with Crippen LogP contribution in [0.4, 0.5) is 0 Å². The van der Waals surface area contributed by atoms with Crippen LogP contribution in [0.3, 0.4) is 0 Å². The van der Waals surface area contributed by atoms with Crippen LogP contribution in [0.2, 0.25) is 5.02 Å². The average Bonchev–Trinajstić information content (AvgIpc) is 2.35.